The van der Waals surface area contributed by atoms with E-state index >= 15 is 0 Å². The van der Waals surface area contributed by atoms with E-state index in [0.717, 1.165) is 55.0 Å². The number of carbonyl (C=O) groups is 2. The Kier molecular flexibility index (Phi) is 10.6. The second kappa shape index (κ2) is 14.3. The monoisotopic (exact) mass is 525 g/mol. The molecule has 8 nitrogen and oxygen atoms in total. The van der Waals surface area contributed by atoms with Crippen molar-refractivity contribution in [3.8, 4) is 5.75 Å². The van der Waals surface area contributed by atoms with Gasteiger partial charge in [0.25, 0.3) is 5.91 Å². The van der Waals surface area contributed by atoms with Gasteiger partial charge >= 0.3 is 5.97 Å². The van der Waals surface area contributed by atoms with Crippen molar-refractivity contribution in [2.24, 2.45) is 5.92 Å². The van der Waals surface area contributed by atoms with Crippen molar-refractivity contribution in [1.82, 2.24) is 15.2 Å². The minimum absolute atomic E-state index is 0.00620. The van der Waals surface area contributed by atoms with Gasteiger partial charge in [-0.05, 0) is 61.4 Å². The quantitative estimate of drug-likeness (QED) is 0.268. The lowest BCUT2D eigenvalue weighted by Gasteiger charge is -2.23. The number of aromatic nitrogens is 1. The van der Waals surface area contributed by atoms with Gasteiger partial charge in [0.1, 0.15) is 12.0 Å². The average Bonchev–Trinajstić information content (AvgIpc) is 3.62. The molecule has 2 fully saturated rings. The summed E-state index contributed by atoms with van der Waals surface area (Å²) in [4.78, 5) is 31.3. The van der Waals surface area contributed by atoms with Gasteiger partial charge in [-0.15, -0.1) is 0 Å². The number of likely N-dealkylation sites (tertiary alicyclic amines) is 1. The molecule has 208 valence electrons. The predicted octanol–water partition coefficient (Wildman–Crippen LogP) is 5.61. The Bertz CT molecular complexity index is 1050. The summed E-state index contributed by atoms with van der Waals surface area (Å²) in [6, 6.07) is 5.98. The highest BCUT2D eigenvalue weighted by Crippen LogP contribution is 2.34. The van der Waals surface area contributed by atoms with E-state index in [0.29, 0.717) is 37.5 Å². The molecule has 1 amide bonds. The number of rotatable bonds is 13. The van der Waals surface area contributed by atoms with Crippen molar-refractivity contribution in [3.63, 3.8) is 0 Å². The molecule has 1 saturated heterocycles. The lowest BCUT2D eigenvalue weighted by Crippen LogP contribution is -2.26. The highest BCUT2D eigenvalue weighted by atomic mass is 16.5. The molecular formula is C30H43N3O5. The Hall–Kier alpha value is -2.87. The first-order valence-corrected chi connectivity index (χ1v) is 14.3. The number of oxazole rings is 1. The van der Waals surface area contributed by atoms with Gasteiger partial charge < -0.3 is 19.2 Å². The van der Waals surface area contributed by atoms with Crippen LogP contribution in [-0.4, -0.2) is 49.1 Å². The molecule has 0 unspecified atom stereocenters. The van der Waals surface area contributed by atoms with Crippen LogP contribution in [0.25, 0.3) is 0 Å². The number of esters is 1. The predicted molar refractivity (Wildman–Crippen MR) is 145 cm³/mol. The van der Waals surface area contributed by atoms with E-state index in [1.807, 2.05) is 18.2 Å². The molecule has 1 N–H and O–H groups in total. The molecule has 0 bridgehead atoms. The van der Waals surface area contributed by atoms with Crippen LogP contribution in [0, 0.1) is 5.92 Å². The summed E-state index contributed by atoms with van der Waals surface area (Å²) in [5, 5.41) is 3.01. The average molecular weight is 526 g/mol. The van der Waals surface area contributed by atoms with Crippen molar-refractivity contribution < 1.29 is 23.5 Å². The number of methoxy groups -OCH3 is 2. The van der Waals surface area contributed by atoms with Gasteiger partial charge in [-0.25, -0.2) is 4.98 Å². The van der Waals surface area contributed by atoms with Crippen LogP contribution in [0.1, 0.15) is 104 Å². The molecule has 1 atom stereocenters. The first-order chi connectivity index (χ1) is 18.6. The maximum absolute atomic E-state index is 12.7. The van der Waals surface area contributed by atoms with Crippen LogP contribution in [0.3, 0.4) is 0 Å². The summed E-state index contributed by atoms with van der Waals surface area (Å²) < 4.78 is 16.1. The van der Waals surface area contributed by atoms with E-state index in [1.165, 1.54) is 51.9 Å². The second-order valence-corrected chi connectivity index (χ2v) is 10.7. The molecule has 1 aromatic carbocycles. The molecule has 1 aromatic heterocycles. The van der Waals surface area contributed by atoms with Crippen molar-refractivity contribution in [3.05, 3.63) is 47.2 Å². The Morgan fingerprint density at radius 2 is 1.92 bits per heavy atom. The van der Waals surface area contributed by atoms with Gasteiger partial charge in [0.2, 0.25) is 5.89 Å². The van der Waals surface area contributed by atoms with Gasteiger partial charge in [0, 0.05) is 19.5 Å². The molecule has 1 aliphatic heterocycles. The smallest absolute Gasteiger partial charge is 0.305 e. The lowest BCUT2D eigenvalue weighted by atomic mass is 9.86. The standard InChI is InChI=1S/C30H43N3O5/c1-36-25-15-13-23(14-16-28(34)37-2)24(19-25)20-33-18-8-12-27(33)30-32-26(21-38-30)29(35)31-17-7-6-11-22-9-4-3-5-10-22/h13,15,19,21-22,27H,3-12,14,16-18,20H2,1-2H3,(H,31,35)/t27-/m1/s1. The molecule has 4 rings (SSSR count). The van der Waals surface area contributed by atoms with Crippen LogP contribution in [-0.2, 0) is 22.5 Å². The molecule has 2 heterocycles. The summed E-state index contributed by atoms with van der Waals surface area (Å²) in [5.74, 6) is 1.86. The summed E-state index contributed by atoms with van der Waals surface area (Å²) in [7, 11) is 3.07. The zero-order valence-corrected chi connectivity index (χ0v) is 23.0. The number of nitrogens with zero attached hydrogens (tertiary/aromatic N) is 2. The highest BCUT2D eigenvalue weighted by Gasteiger charge is 2.31. The normalized spacial score (nSPS) is 18.4. The van der Waals surface area contributed by atoms with E-state index < -0.39 is 0 Å². The molecule has 0 radical (unpaired) electrons. The number of carbonyl (C=O) groups excluding carboxylic acids is 2. The van der Waals surface area contributed by atoms with Crippen molar-refractivity contribution in [2.45, 2.75) is 89.6 Å². The van der Waals surface area contributed by atoms with Gasteiger partial charge in [-0.1, -0.05) is 51.0 Å². The fourth-order valence-corrected chi connectivity index (χ4v) is 5.84. The lowest BCUT2D eigenvalue weighted by molar-refractivity contribution is -0.140. The first-order valence-electron chi connectivity index (χ1n) is 14.3. The SMILES string of the molecule is COC(=O)CCc1ccc(OC)cc1CN1CCC[C@@H]1c1nc(C(=O)NCCCCC2CCCCC2)co1. The molecule has 1 saturated carbocycles. The van der Waals surface area contributed by atoms with E-state index in [9.17, 15) is 9.59 Å². The van der Waals surface area contributed by atoms with Crippen molar-refractivity contribution >= 4 is 11.9 Å². The van der Waals surface area contributed by atoms with E-state index in [1.54, 1.807) is 7.11 Å². The third kappa shape index (κ3) is 7.82. The number of nitrogens with one attached hydrogen (secondary N) is 1. The topological polar surface area (TPSA) is 93.9 Å². The summed E-state index contributed by atoms with van der Waals surface area (Å²) >= 11 is 0. The zero-order valence-electron chi connectivity index (χ0n) is 23.0. The number of aryl methyl sites for hydroxylation is 1. The molecule has 2 aromatic rings. The number of unbranched alkanes of at least 4 members (excludes halogenated alkanes) is 1. The Labute approximate surface area is 226 Å². The van der Waals surface area contributed by atoms with E-state index in [2.05, 4.69) is 15.2 Å². The molecular weight excluding hydrogens is 482 g/mol. The fraction of sp³-hybridized carbons (Fsp3) is 0.633. The Morgan fingerprint density at radius 3 is 2.71 bits per heavy atom. The fourth-order valence-electron chi connectivity index (χ4n) is 5.84. The molecule has 2 aliphatic rings. The van der Waals surface area contributed by atoms with Crippen LogP contribution in [0.15, 0.2) is 28.9 Å². The van der Waals surface area contributed by atoms with Gasteiger partial charge in [-0.2, -0.15) is 0 Å². The Morgan fingerprint density at radius 1 is 1.08 bits per heavy atom. The summed E-state index contributed by atoms with van der Waals surface area (Å²) in [5.41, 5.74) is 2.55. The number of benzene rings is 1. The molecule has 38 heavy (non-hydrogen) atoms. The maximum atomic E-state index is 12.7. The van der Waals surface area contributed by atoms with Crippen LogP contribution in [0.4, 0.5) is 0 Å². The first kappa shape index (κ1) is 28.1. The third-order valence-corrected chi connectivity index (χ3v) is 8.07. The minimum Gasteiger partial charge on any atom is -0.497 e. The largest absolute Gasteiger partial charge is 0.497 e. The third-order valence-electron chi connectivity index (χ3n) is 8.07. The second-order valence-electron chi connectivity index (χ2n) is 10.7. The highest BCUT2D eigenvalue weighted by molar-refractivity contribution is 5.91. The molecule has 0 spiro atoms. The van der Waals surface area contributed by atoms with Crippen molar-refractivity contribution in [1.29, 1.82) is 0 Å². The Balaban J connectivity index is 1.31. The van der Waals surface area contributed by atoms with Crippen molar-refractivity contribution in [2.75, 3.05) is 27.3 Å². The van der Waals surface area contributed by atoms with Gasteiger partial charge in [-0.3, -0.25) is 14.5 Å². The minimum atomic E-state index is -0.222. The maximum Gasteiger partial charge on any atom is 0.305 e. The van der Waals surface area contributed by atoms with Crippen LogP contribution in [0.5, 0.6) is 5.75 Å². The van der Waals surface area contributed by atoms with Crippen LogP contribution >= 0.6 is 0 Å². The van der Waals surface area contributed by atoms with Gasteiger partial charge in [0.05, 0.1) is 20.3 Å². The number of ether oxygens (including phenoxy) is 2. The molecule has 1 aliphatic carbocycles. The van der Waals surface area contributed by atoms with Crippen LogP contribution in [0.2, 0.25) is 0 Å². The summed E-state index contributed by atoms with van der Waals surface area (Å²) in [6.07, 6.45) is 14.7. The molecule has 8 heteroatoms. The number of amides is 1. The van der Waals surface area contributed by atoms with Crippen LogP contribution < -0.4 is 10.1 Å². The summed E-state index contributed by atoms with van der Waals surface area (Å²) in [6.45, 7) is 2.26. The van der Waals surface area contributed by atoms with Gasteiger partial charge in [0.15, 0.2) is 5.69 Å². The van der Waals surface area contributed by atoms with E-state index in [-0.39, 0.29) is 17.9 Å². The number of hydrogen-bond acceptors (Lipinski definition) is 7. The zero-order chi connectivity index (χ0) is 26.7. The number of hydrogen-bond donors (Lipinski definition) is 1. The van der Waals surface area contributed by atoms with E-state index in [4.69, 9.17) is 13.9 Å².